The Morgan fingerprint density at radius 1 is 1.33 bits per heavy atom. The lowest BCUT2D eigenvalue weighted by molar-refractivity contribution is 0.384. The first kappa shape index (κ1) is 12.0. The van der Waals surface area contributed by atoms with E-state index in [9.17, 15) is 8.42 Å². The van der Waals surface area contributed by atoms with Crippen LogP contribution in [0.3, 0.4) is 0 Å². The Labute approximate surface area is 107 Å². The Morgan fingerprint density at radius 3 is 2.83 bits per heavy atom. The molecule has 18 heavy (non-hydrogen) atoms. The summed E-state index contributed by atoms with van der Waals surface area (Å²) >= 11 is 0. The fourth-order valence-corrected chi connectivity index (χ4v) is 3.71. The van der Waals surface area contributed by atoms with E-state index in [-0.39, 0.29) is 6.04 Å². The Bertz CT molecular complexity index is 567. The second kappa shape index (κ2) is 4.22. The summed E-state index contributed by atoms with van der Waals surface area (Å²) in [5.41, 5.74) is 8.71. The van der Waals surface area contributed by atoms with Gasteiger partial charge < -0.3 is 5.73 Å². The maximum Gasteiger partial charge on any atom is 0.280 e. The molecule has 3 N–H and O–H groups in total. The molecule has 1 aliphatic carbocycles. The van der Waals surface area contributed by atoms with Crippen LogP contribution in [0.15, 0.2) is 18.2 Å². The molecule has 1 aromatic carbocycles. The molecule has 3 rings (SSSR count). The van der Waals surface area contributed by atoms with E-state index in [0.717, 1.165) is 30.4 Å². The second-order valence-electron chi connectivity index (χ2n) is 4.97. The summed E-state index contributed by atoms with van der Waals surface area (Å²) < 4.78 is 28.5. The summed E-state index contributed by atoms with van der Waals surface area (Å²) in [5.74, 6) is 0. The molecule has 0 spiro atoms. The van der Waals surface area contributed by atoms with Crippen LogP contribution in [0.25, 0.3) is 0 Å². The largest absolute Gasteiger partial charge is 0.398 e. The van der Waals surface area contributed by atoms with Gasteiger partial charge in [0.15, 0.2) is 0 Å². The molecule has 0 unspecified atom stereocenters. The molecule has 1 fully saturated rings. The summed E-state index contributed by atoms with van der Waals surface area (Å²) in [7, 11) is -3.35. The summed E-state index contributed by atoms with van der Waals surface area (Å²) in [5, 5.41) is 0. The number of nitrogens with zero attached hydrogens (tertiary/aromatic N) is 1. The first-order valence-corrected chi connectivity index (χ1v) is 7.64. The number of nitrogens with one attached hydrogen (secondary N) is 1. The van der Waals surface area contributed by atoms with Crippen LogP contribution in [0.5, 0.6) is 0 Å². The SMILES string of the molecule is Nc1cccc2c1CN(S(=O)(=O)NC1CC1)CC2. The van der Waals surface area contributed by atoms with Gasteiger partial charge in [-0.05, 0) is 36.5 Å². The smallest absolute Gasteiger partial charge is 0.280 e. The van der Waals surface area contributed by atoms with E-state index >= 15 is 0 Å². The summed E-state index contributed by atoms with van der Waals surface area (Å²) in [6.07, 6.45) is 2.63. The number of nitrogens with two attached hydrogens (primary N) is 1. The summed E-state index contributed by atoms with van der Waals surface area (Å²) in [4.78, 5) is 0. The highest BCUT2D eigenvalue weighted by molar-refractivity contribution is 7.87. The number of nitrogen functional groups attached to an aromatic ring is 1. The van der Waals surface area contributed by atoms with E-state index in [1.807, 2.05) is 18.2 Å². The van der Waals surface area contributed by atoms with Crippen LogP contribution in [0, 0.1) is 0 Å². The Morgan fingerprint density at radius 2 is 2.11 bits per heavy atom. The third-order valence-corrected chi connectivity index (χ3v) is 5.13. The van der Waals surface area contributed by atoms with Crippen molar-refractivity contribution in [1.29, 1.82) is 0 Å². The molecule has 1 saturated carbocycles. The van der Waals surface area contributed by atoms with Crippen LogP contribution >= 0.6 is 0 Å². The van der Waals surface area contributed by atoms with Crippen LogP contribution in [0.4, 0.5) is 5.69 Å². The highest BCUT2D eigenvalue weighted by Crippen LogP contribution is 2.27. The predicted molar refractivity (Wildman–Crippen MR) is 70.0 cm³/mol. The van der Waals surface area contributed by atoms with Gasteiger partial charge in [-0.15, -0.1) is 0 Å². The third kappa shape index (κ3) is 2.23. The number of hydrogen-bond donors (Lipinski definition) is 2. The molecule has 0 radical (unpaired) electrons. The van der Waals surface area contributed by atoms with Crippen molar-refractivity contribution in [2.24, 2.45) is 0 Å². The highest BCUT2D eigenvalue weighted by Gasteiger charge is 2.33. The fourth-order valence-electron chi connectivity index (χ4n) is 2.27. The van der Waals surface area contributed by atoms with E-state index in [4.69, 9.17) is 5.73 Å². The normalized spacial score (nSPS) is 20.7. The van der Waals surface area contributed by atoms with Gasteiger partial charge in [-0.3, -0.25) is 0 Å². The molecule has 0 aromatic heterocycles. The van der Waals surface area contributed by atoms with Gasteiger partial charge in [-0.25, -0.2) is 0 Å². The van der Waals surface area contributed by atoms with Crippen molar-refractivity contribution in [1.82, 2.24) is 9.03 Å². The fraction of sp³-hybridized carbons (Fsp3) is 0.500. The van der Waals surface area contributed by atoms with E-state index in [2.05, 4.69) is 4.72 Å². The molecule has 2 aliphatic rings. The minimum absolute atomic E-state index is 0.143. The maximum absolute atomic E-state index is 12.1. The molecule has 6 heteroatoms. The second-order valence-corrected chi connectivity index (χ2v) is 6.67. The topological polar surface area (TPSA) is 75.4 Å². The first-order chi connectivity index (χ1) is 8.56. The monoisotopic (exact) mass is 267 g/mol. The van der Waals surface area contributed by atoms with Crippen molar-refractivity contribution in [3.63, 3.8) is 0 Å². The van der Waals surface area contributed by atoms with Gasteiger partial charge in [0.25, 0.3) is 10.2 Å². The Kier molecular flexibility index (Phi) is 2.80. The number of anilines is 1. The van der Waals surface area contributed by atoms with Gasteiger partial charge in [-0.1, -0.05) is 12.1 Å². The van der Waals surface area contributed by atoms with Gasteiger partial charge >= 0.3 is 0 Å². The van der Waals surface area contributed by atoms with Crippen LogP contribution in [-0.2, 0) is 23.2 Å². The van der Waals surface area contributed by atoms with Gasteiger partial charge in [0.1, 0.15) is 0 Å². The van der Waals surface area contributed by atoms with Crippen LogP contribution in [0.2, 0.25) is 0 Å². The summed E-state index contributed by atoms with van der Waals surface area (Å²) in [6, 6.07) is 5.90. The number of benzene rings is 1. The van der Waals surface area contributed by atoms with Crippen molar-refractivity contribution >= 4 is 15.9 Å². The quantitative estimate of drug-likeness (QED) is 0.788. The van der Waals surface area contributed by atoms with Crippen LogP contribution in [-0.4, -0.2) is 25.3 Å². The molecule has 0 atom stereocenters. The molecule has 1 heterocycles. The highest BCUT2D eigenvalue weighted by atomic mass is 32.2. The molecule has 1 aromatic rings. The molecule has 98 valence electrons. The molecule has 5 nitrogen and oxygen atoms in total. The van der Waals surface area contributed by atoms with Crippen LogP contribution in [0.1, 0.15) is 24.0 Å². The molecular formula is C12H17N3O2S. The van der Waals surface area contributed by atoms with Gasteiger partial charge in [0.05, 0.1) is 0 Å². The lowest BCUT2D eigenvalue weighted by atomic mass is 10.00. The predicted octanol–water partition coefficient (Wildman–Crippen LogP) is 0.624. The van der Waals surface area contributed by atoms with Crippen LogP contribution < -0.4 is 10.5 Å². The molecule has 0 amide bonds. The molecule has 1 aliphatic heterocycles. The van der Waals surface area contributed by atoms with Crippen molar-refractivity contribution < 1.29 is 8.42 Å². The minimum Gasteiger partial charge on any atom is -0.398 e. The molecule has 0 bridgehead atoms. The first-order valence-electron chi connectivity index (χ1n) is 6.20. The van der Waals surface area contributed by atoms with E-state index in [1.54, 1.807) is 0 Å². The third-order valence-electron chi connectivity index (χ3n) is 3.51. The Balaban J connectivity index is 1.83. The number of rotatable bonds is 3. The maximum atomic E-state index is 12.1. The zero-order chi connectivity index (χ0) is 12.8. The van der Waals surface area contributed by atoms with Crippen molar-refractivity contribution in [2.75, 3.05) is 12.3 Å². The lowest BCUT2D eigenvalue weighted by Gasteiger charge is -2.28. The van der Waals surface area contributed by atoms with Gasteiger partial charge in [-0.2, -0.15) is 17.4 Å². The number of fused-ring (bicyclic) bond motifs is 1. The van der Waals surface area contributed by atoms with E-state index < -0.39 is 10.2 Å². The molecule has 0 saturated heterocycles. The van der Waals surface area contributed by atoms with Gasteiger partial charge in [0, 0.05) is 24.8 Å². The summed E-state index contributed by atoms with van der Waals surface area (Å²) in [6.45, 7) is 0.905. The minimum atomic E-state index is -3.35. The van der Waals surface area contributed by atoms with E-state index in [0.29, 0.717) is 18.8 Å². The average Bonchev–Trinajstić information content (AvgIpc) is 3.12. The lowest BCUT2D eigenvalue weighted by Crippen LogP contribution is -2.44. The zero-order valence-electron chi connectivity index (χ0n) is 10.1. The van der Waals surface area contributed by atoms with E-state index in [1.165, 1.54) is 4.31 Å². The van der Waals surface area contributed by atoms with Crippen molar-refractivity contribution in [2.45, 2.75) is 31.8 Å². The Hall–Kier alpha value is -1.11. The van der Waals surface area contributed by atoms with Gasteiger partial charge in [0.2, 0.25) is 0 Å². The average molecular weight is 267 g/mol. The zero-order valence-corrected chi connectivity index (χ0v) is 10.9. The van der Waals surface area contributed by atoms with Crippen molar-refractivity contribution in [3.8, 4) is 0 Å². The standard InChI is InChI=1S/C12H17N3O2S/c13-12-3-1-2-9-6-7-15(8-11(9)12)18(16,17)14-10-4-5-10/h1-3,10,14H,4-8,13H2. The number of hydrogen-bond acceptors (Lipinski definition) is 3. The molecular weight excluding hydrogens is 250 g/mol. The van der Waals surface area contributed by atoms with Crippen molar-refractivity contribution in [3.05, 3.63) is 29.3 Å².